The summed E-state index contributed by atoms with van der Waals surface area (Å²) in [6, 6.07) is 7.89. The largest absolute Gasteiger partial charge is 0.386 e. The van der Waals surface area contributed by atoms with Crippen LogP contribution in [-0.2, 0) is 0 Å². The number of nitrogens with two attached hydrogens (primary N) is 1. The highest BCUT2D eigenvalue weighted by Gasteiger charge is 2.12. The number of aryl methyl sites for hydroxylation is 1. The summed E-state index contributed by atoms with van der Waals surface area (Å²) in [5.41, 5.74) is 8.11. The smallest absolute Gasteiger partial charge is 0.191 e. The molecule has 4 nitrogen and oxygen atoms in total. The molecular formula is C16H26IN3O. The lowest BCUT2D eigenvalue weighted by Crippen LogP contribution is -2.38. The maximum absolute atomic E-state index is 10.1. The zero-order valence-corrected chi connectivity index (χ0v) is 15.0. The second-order valence-electron chi connectivity index (χ2n) is 5.53. The molecule has 118 valence electrons. The number of rotatable bonds is 3. The third-order valence-corrected chi connectivity index (χ3v) is 3.82. The van der Waals surface area contributed by atoms with Crippen LogP contribution in [0.5, 0.6) is 0 Å². The number of hydrogen-bond donors (Lipinski definition) is 2. The van der Waals surface area contributed by atoms with Crippen LogP contribution in [0, 0.1) is 6.92 Å². The Balaban J connectivity index is 0.00000220. The molecule has 0 aliphatic carbocycles. The highest BCUT2D eigenvalue weighted by Crippen LogP contribution is 2.14. The lowest BCUT2D eigenvalue weighted by molar-refractivity contribution is 0.186. The first-order chi connectivity index (χ1) is 9.66. The second-order valence-corrected chi connectivity index (χ2v) is 5.53. The van der Waals surface area contributed by atoms with Crippen molar-refractivity contribution in [1.82, 2.24) is 4.90 Å². The van der Waals surface area contributed by atoms with Gasteiger partial charge in [-0.1, -0.05) is 42.7 Å². The standard InChI is InChI=1S/C16H25N3O.HI/c1-13-6-8-14(9-7-13)15(20)12-18-16(17)19-10-4-2-3-5-11-19;/h6-9,15,20H,2-5,10-12H2,1H3,(H2,17,18);1H. The summed E-state index contributed by atoms with van der Waals surface area (Å²) >= 11 is 0. The first-order valence-corrected chi connectivity index (χ1v) is 7.46. The summed E-state index contributed by atoms with van der Waals surface area (Å²) in [4.78, 5) is 6.49. The van der Waals surface area contributed by atoms with Gasteiger partial charge in [-0.05, 0) is 25.3 Å². The van der Waals surface area contributed by atoms with Crippen molar-refractivity contribution in [2.75, 3.05) is 19.6 Å². The third-order valence-electron chi connectivity index (χ3n) is 3.82. The Morgan fingerprint density at radius 3 is 2.33 bits per heavy atom. The van der Waals surface area contributed by atoms with Gasteiger partial charge < -0.3 is 15.7 Å². The molecule has 0 bridgehead atoms. The zero-order valence-electron chi connectivity index (χ0n) is 12.7. The Morgan fingerprint density at radius 2 is 1.76 bits per heavy atom. The fraction of sp³-hybridized carbons (Fsp3) is 0.562. The lowest BCUT2D eigenvalue weighted by Gasteiger charge is -2.21. The molecule has 3 N–H and O–H groups in total. The van der Waals surface area contributed by atoms with Crippen molar-refractivity contribution in [2.45, 2.75) is 38.7 Å². The number of benzene rings is 1. The van der Waals surface area contributed by atoms with Crippen LogP contribution in [0.1, 0.15) is 42.9 Å². The molecule has 0 radical (unpaired) electrons. The molecular weight excluding hydrogens is 377 g/mol. The van der Waals surface area contributed by atoms with Crippen LogP contribution in [0.2, 0.25) is 0 Å². The highest BCUT2D eigenvalue weighted by atomic mass is 127. The SMILES string of the molecule is Cc1ccc(C(O)CN=C(N)N2CCCCCC2)cc1.I. The van der Waals surface area contributed by atoms with E-state index in [1.165, 1.54) is 31.2 Å². The normalized spacial score (nSPS) is 17.8. The van der Waals surface area contributed by atoms with Crippen LogP contribution in [-0.4, -0.2) is 35.6 Å². The monoisotopic (exact) mass is 403 g/mol. The molecule has 2 rings (SSSR count). The molecule has 0 amide bonds. The van der Waals surface area contributed by atoms with Crippen LogP contribution in [0.15, 0.2) is 29.3 Å². The van der Waals surface area contributed by atoms with Crippen molar-refractivity contribution in [3.8, 4) is 0 Å². The fourth-order valence-corrected chi connectivity index (χ4v) is 2.47. The molecule has 1 atom stereocenters. The number of nitrogens with zero attached hydrogens (tertiary/aromatic N) is 2. The highest BCUT2D eigenvalue weighted by molar-refractivity contribution is 14.0. The van der Waals surface area contributed by atoms with Crippen molar-refractivity contribution in [3.63, 3.8) is 0 Å². The Morgan fingerprint density at radius 1 is 1.19 bits per heavy atom. The number of aliphatic hydroxyl groups excluding tert-OH is 1. The molecule has 1 saturated heterocycles. The molecule has 0 aromatic heterocycles. The topological polar surface area (TPSA) is 61.9 Å². The van der Waals surface area contributed by atoms with E-state index in [-0.39, 0.29) is 24.0 Å². The molecule has 1 unspecified atom stereocenters. The average molecular weight is 403 g/mol. The van der Waals surface area contributed by atoms with E-state index in [0.29, 0.717) is 12.5 Å². The van der Waals surface area contributed by atoms with Crippen molar-refractivity contribution < 1.29 is 5.11 Å². The Bertz CT molecular complexity index is 439. The number of guanidine groups is 1. The number of aliphatic hydroxyl groups is 1. The van der Waals surface area contributed by atoms with E-state index in [1.54, 1.807) is 0 Å². The van der Waals surface area contributed by atoms with E-state index >= 15 is 0 Å². The summed E-state index contributed by atoms with van der Waals surface area (Å²) in [6.07, 6.45) is 4.32. The molecule has 1 fully saturated rings. The lowest BCUT2D eigenvalue weighted by atomic mass is 10.1. The van der Waals surface area contributed by atoms with Crippen molar-refractivity contribution >= 4 is 29.9 Å². The van der Waals surface area contributed by atoms with Gasteiger partial charge in [-0.25, -0.2) is 0 Å². The van der Waals surface area contributed by atoms with Gasteiger partial charge in [0.05, 0.1) is 12.6 Å². The fourth-order valence-electron chi connectivity index (χ4n) is 2.47. The van der Waals surface area contributed by atoms with Gasteiger partial charge in [0.15, 0.2) is 5.96 Å². The molecule has 0 spiro atoms. The summed E-state index contributed by atoms with van der Waals surface area (Å²) in [7, 11) is 0. The maximum atomic E-state index is 10.1. The van der Waals surface area contributed by atoms with Gasteiger partial charge in [0, 0.05) is 13.1 Å². The maximum Gasteiger partial charge on any atom is 0.191 e. The van der Waals surface area contributed by atoms with Gasteiger partial charge in [-0.2, -0.15) is 0 Å². The van der Waals surface area contributed by atoms with Gasteiger partial charge in [0.25, 0.3) is 0 Å². The minimum absolute atomic E-state index is 0. The van der Waals surface area contributed by atoms with E-state index in [0.717, 1.165) is 18.7 Å². The molecule has 1 aliphatic rings. The molecule has 1 aliphatic heterocycles. The molecule has 0 saturated carbocycles. The Labute approximate surface area is 144 Å². The van der Waals surface area contributed by atoms with Gasteiger partial charge in [-0.3, -0.25) is 4.99 Å². The Kier molecular flexibility index (Phi) is 8.03. The van der Waals surface area contributed by atoms with Crippen LogP contribution in [0.3, 0.4) is 0 Å². The number of hydrogen-bond acceptors (Lipinski definition) is 2. The van der Waals surface area contributed by atoms with Gasteiger partial charge in [0.2, 0.25) is 0 Å². The van der Waals surface area contributed by atoms with Crippen LogP contribution in [0.4, 0.5) is 0 Å². The molecule has 21 heavy (non-hydrogen) atoms. The predicted octanol–water partition coefficient (Wildman–Crippen LogP) is 2.84. The minimum Gasteiger partial charge on any atom is -0.386 e. The summed E-state index contributed by atoms with van der Waals surface area (Å²) in [5, 5.41) is 10.1. The number of aliphatic imine (C=N–C) groups is 1. The average Bonchev–Trinajstić information content (AvgIpc) is 2.74. The van der Waals surface area contributed by atoms with Crippen LogP contribution in [0.25, 0.3) is 0 Å². The van der Waals surface area contributed by atoms with Gasteiger partial charge in [0.1, 0.15) is 0 Å². The quantitative estimate of drug-likeness (QED) is 0.464. The van der Waals surface area contributed by atoms with E-state index in [9.17, 15) is 5.11 Å². The van der Waals surface area contributed by atoms with Gasteiger partial charge >= 0.3 is 0 Å². The van der Waals surface area contributed by atoms with Crippen molar-refractivity contribution in [3.05, 3.63) is 35.4 Å². The van der Waals surface area contributed by atoms with E-state index in [1.807, 2.05) is 31.2 Å². The van der Waals surface area contributed by atoms with Crippen LogP contribution >= 0.6 is 24.0 Å². The third kappa shape index (κ3) is 5.82. The van der Waals surface area contributed by atoms with E-state index in [4.69, 9.17) is 5.73 Å². The van der Waals surface area contributed by atoms with E-state index < -0.39 is 6.10 Å². The number of likely N-dealkylation sites (tertiary alicyclic amines) is 1. The predicted molar refractivity (Wildman–Crippen MR) is 98.1 cm³/mol. The summed E-state index contributed by atoms with van der Waals surface area (Å²) in [5.74, 6) is 0.568. The first kappa shape index (κ1) is 18.2. The molecule has 5 heteroatoms. The summed E-state index contributed by atoms with van der Waals surface area (Å²) in [6.45, 7) is 4.32. The Hall–Kier alpha value is -0.820. The molecule has 1 aromatic carbocycles. The second kappa shape index (κ2) is 9.25. The number of halogens is 1. The zero-order chi connectivity index (χ0) is 14.4. The summed E-state index contributed by atoms with van der Waals surface area (Å²) < 4.78 is 0. The van der Waals surface area contributed by atoms with E-state index in [2.05, 4.69) is 9.89 Å². The van der Waals surface area contributed by atoms with Crippen molar-refractivity contribution in [1.29, 1.82) is 0 Å². The first-order valence-electron chi connectivity index (χ1n) is 7.46. The minimum atomic E-state index is -0.582. The van der Waals surface area contributed by atoms with Gasteiger partial charge in [-0.15, -0.1) is 24.0 Å². The molecule has 1 aromatic rings. The van der Waals surface area contributed by atoms with Crippen molar-refractivity contribution in [2.24, 2.45) is 10.7 Å². The molecule has 1 heterocycles. The van der Waals surface area contributed by atoms with Crippen LogP contribution < -0.4 is 5.73 Å².